The zero-order chi connectivity index (χ0) is 30.8. The van der Waals surface area contributed by atoms with Crippen molar-refractivity contribution >= 4 is 43.8 Å². The number of furan rings is 1. The molecule has 0 saturated carbocycles. The van der Waals surface area contributed by atoms with Crippen molar-refractivity contribution in [1.29, 1.82) is 0 Å². The minimum Gasteiger partial charge on any atom is -0.459 e. The predicted molar refractivity (Wildman–Crippen MR) is 184 cm³/mol. The van der Waals surface area contributed by atoms with Crippen LogP contribution in [0.5, 0.6) is 0 Å². The van der Waals surface area contributed by atoms with Crippen molar-refractivity contribution in [2.24, 2.45) is 0 Å². The Labute approximate surface area is 266 Å². The summed E-state index contributed by atoms with van der Waals surface area (Å²) in [6.45, 7) is 4.12. The lowest BCUT2D eigenvalue weighted by Gasteiger charge is -2.10. The van der Waals surface area contributed by atoms with E-state index in [1.165, 1.54) is 21.9 Å². The molecular weight excluding hydrogens is 564 g/mol. The number of nitrogens with zero attached hydrogens (tertiary/aromatic N) is 4. The van der Waals surface area contributed by atoms with Crippen LogP contribution in [0.25, 0.3) is 61.0 Å². The van der Waals surface area contributed by atoms with Crippen LogP contribution in [-0.2, 0) is 6.42 Å². The first kappa shape index (κ1) is 26.5. The van der Waals surface area contributed by atoms with E-state index in [1.807, 2.05) is 19.2 Å². The van der Waals surface area contributed by atoms with Crippen molar-refractivity contribution in [2.45, 2.75) is 20.3 Å². The largest absolute Gasteiger partial charge is 0.459 e. The summed E-state index contributed by atoms with van der Waals surface area (Å²) >= 11 is 0. The molecule has 4 aromatic heterocycles. The second-order valence-corrected chi connectivity index (χ2v) is 12.0. The van der Waals surface area contributed by atoms with Gasteiger partial charge in [-0.3, -0.25) is 13.7 Å². The van der Waals surface area contributed by atoms with Gasteiger partial charge in [0.15, 0.2) is 5.58 Å². The van der Waals surface area contributed by atoms with Crippen LogP contribution in [0, 0.1) is 20.2 Å². The molecule has 5 heteroatoms. The van der Waals surface area contributed by atoms with E-state index in [2.05, 4.69) is 148 Å². The average Bonchev–Trinajstić information content (AvgIpc) is 3.74. The number of para-hydroxylation sites is 4. The van der Waals surface area contributed by atoms with Gasteiger partial charge in [-0.2, -0.15) is 0 Å². The zero-order valence-corrected chi connectivity index (χ0v) is 25.6. The Bertz CT molecular complexity index is 2590. The summed E-state index contributed by atoms with van der Waals surface area (Å²) in [7, 11) is 0. The second kappa shape index (κ2) is 10.3. The quantitative estimate of drug-likeness (QED) is 0.147. The van der Waals surface area contributed by atoms with Gasteiger partial charge in [-0.1, -0.05) is 84.9 Å². The Kier molecular flexibility index (Phi) is 5.93. The van der Waals surface area contributed by atoms with Gasteiger partial charge < -0.3 is 4.42 Å². The Morgan fingerprint density at radius 2 is 1.43 bits per heavy atom. The van der Waals surface area contributed by atoms with Gasteiger partial charge >= 0.3 is 0 Å². The Balaban J connectivity index is 1.14. The molecule has 0 radical (unpaired) electrons. The number of pyridine rings is 1. The van der Waals surface area contributed by atoms with Crippen LogP contribution in [-0.4, -0.2) is 14.1 Å². The van der Waals surface area contributed by atoms with E-state index in [0.717, 1.165) is 68.0 Å². The third-order valence-electron chi connectivity index (χ3n) is 9.17. The molecule has 9 aromatic rings. The molecule has 0 saturated heterocycles. The number of fused-ring (bicyclic) bond motifs is 5. The van der Waals surface area contributed by atoms with E-state index in [-0.39, 0.29) is 0 Å². The maximum Gasteiger partial charge on any atom is 0.269 e. The molecule has 220 valence electrons. The van der Waals surface area contributed by atoms with E-state index < -0.39 is 0 Å². The standard InChI is InChI=1S/C41H30N4O/c1-27-28(2)46-40-25-42-41(24-35(27)40)45-36-16-7-6-15-33(36)34-20-19-30(23-39(34)45)21-29-11-10-14-32(22-29)44-26-43(31-12-4-3-5-13-31)37-17-8-9-18-38(37)44/h3-20,22-25H,21H2,1-2H3. The van der Waals surface area contributed by atoms with Gasteiger partial charge in [-0.25, -0.2) is 4.98 Å². The first-order valence-corrected chi connectivity index (χ1v) is 15.6. The number of aromatic nitrogens is 4. The van der Waals surface area contributed by atoms with Crippen LogP contribution in [0.3, 0.4) is 0 Å². The van der Waals surface area contributed by atoms with Crippen molar-refractivity contribution in [2.75, 3.05) is 0 Å². The van der Waals surface area contributed by atoms with Gasteiger partial charge in [0.1, 0.15) is 11.6 Å². The van der Waals surface area contributed by atoms with Crippen LogP contribution >= 0.6 is 0 Å². The lowest BCUT2D eigenvalue weighted by Crippen LogP contribution is -2.29. The van der Waals surface area contributed by atoms with Gasteiger partial charge in [-0.15, -0.1) is 0 Å². The maximum absolute atomic E-state index is 5.94. The molecule has 0 spiro atoms. The molecule has 4 heterocycles. The molecule has 46 heavy (non-hydrogen) atoms. The molecule has 0 aliphatic heterocycles. The minimum absolute atomic E-state index is 0.801. The smallest absolute Gasteiger partial charge is 0.269 e. The highest BCUT2D eigenvalue weighted by molar-refractivity contribution is 6.09. The summed E-state index contributed by atoms with van der Waals surface area (Å²) < 4.78 is 12.5. The highest BCUT2D eigenvalue weighted by Crippen LogP contribution is 2.34. The number of rotatable bonds is 5. The van der Waals surface area contributed by atoms with E-state index >= 15 is 0 Å². The third-order valence-corrected chi connectivity index (χ3v) is 9.17. The minimum atomic E-state index is 0.801. The van der Waals surface area contributed by atoms with Crippen molar-refractivity contribution in [3.63, 3.8) is 0 Å². The van der Waals surface area contributed by atoms with E-state index in [0.29, 0.717) is 0 Å². The Hall–Kier alpha value is -5.94. The number of hydrogen-bond donors (Lipinski definition) is 0. The molecular formula is C41H30N4O. The van der Waals surface area contributed by atoms with Gasteiger partial charge in [-0.05, 0) is 79.4 Å². The third kappa shape index (κ3) is 4.16. The lowest BCUT2D eigenvalue weighted by molar-refractivity contribution is -0.572. The normalized spacial score (nSPS) is 11.8. The SMILES string of the molecule is Cc1oc2cnc(-n3c4ccccc4c4ccc(Cc5cccc(-n6[c-][n+](-c7ccccc7)c7ccccc76)c5)cc43)cc2c1C. The summed E-state index contributed by atoms with van der Waals surface area (Å²) in [5, 5.41) is 3.54. The molecule has 0 fully saturated rings. The van der Waals surface area contributed by atoms with Crippen LogP contribution in [0.15, 0.2) is 138 Å². The van der Waals surface area contributed by atoms with Crippen LogP contribution in [0.1, 0.15) is 22.5 Å². The van der Waals surface area contributed by atoms with Crippen LogP contribution in [0.4, 0.5) is 0 Å². The monoisotopic (exact) mass is 594 g/mol. The Morgan fingerprint density at radius 3 is 2.33 bits per heavy atom. The average molecular weight is 595 g/mol. The second-order valence-electron chi connectivity index (χ2n) is 12.0. The van der Waals surface area contributed by atoms with Crippen molar-refractivity contribution < 1.29 is 8.98 Å². The van der Waals surface area contributed by atoms with E-state index in [1.54, 1.807) is 0 Å². The number of benzene rings is 5. The van der Waals surface area contributed by atoms with Crippen LogP contribution < -0.4 is 4.57 Å². The van der Waals surface area contributed by atoms with Gasteiger partial charge in [0.05, 0.1) is 39.6 Å². The highest BCUT2D eigenvalue weighted by Gasteiger charge is 2.17. The summed E-state index contributed by atoms with van der Waals surface area (Å²) in [5.74, 6) is 1.82. The van der Waals surface area contributed by atoms with Crippen molar-refractivity contribution in [3.8, 4) is 17.2 Å². The fraction of sp³-hybridized carbons (Fsp3) is 0.0732. The number of aryl methyl sites for hydroxylation is 2. The lowest BCUT2D eigenvalue weighted by atomic mass is 10.0. The topological polar surface area (TPSA) is 39.8 Å². The molecule has 0 bridgehead atoms. The molecule has 0 unspecified atom stereocenters. The van der Waals surface area contributed by atoms with E-state index in [4.69, 9.17) is 9.40 Å². The van der Waals surface area contributed by atoms with E-state index in [9.17, 15) is 0 Å². The van der Waals surface area contributed by atoms with Gasteiger partial charge in [0.2, 0.25) is 0 Å². The highest BCUT2D eigenvalue weighted by atomic mass is 16.3. The summed E-state index contributed by atoms with van der Waals surface area (Å²) in [6, 6.07) is 45.2. The predicted octanol–water partition coefficient (Wildman–Crippen LogP) is 9.15. The van der Waals surface area contributed by atoms with Gasteiger partial charge in [0, 0.05) is 16.2 Å². The first-order chi connectivity index (χ1) is 22.6. The molecule has 0 aliphatic carbocycles. The van der Waals surface area contributed by atoms with Crippen molar-refractivity contribution in [1.82, 2.24) is 14.1 Å². The molecule has 5 aromatic carbocycles. The number of imidazole rings is 1. The van der Waals surface area contributed by atoms with Gasteiger partial charge in [0.25, 0.3) is 6.33 Å². The summed E-state index contributed by atoms with van der Waals surface area (Å²) in [4.78, 5) is 4.87. The molecule has 0 aliphatic rings. The Morgan fingerprint density at radius 1 is 0.674 bits per heavy atom. The first-order valence-electron chi connectivity index (χ1n) is 15.6. The fourth-order valence-electron chi connectivity index (χ4n) is 6.79. The fourth-order valence-corrected chi connectivity index (χ4v) is 6.79. The summed E-state index contributed by atoms with van der Waals surface area (Å²) in [6.07, 6.45) is 6.27. The molecule has 0 N–H and O–H groups in total. The molecule has 9 rings (SSSR count). The zero-order valence-electron chi connectivity index (χ0n) is 25.6. The van der Waals surface area contributed by atoms with Crippen LogP contribution in [0.2, 0.25) is 0 Å². The summed E-state index contributed by atoms with van der Waals surface area (Å²) in [5.41, 5.74) is 11.1. The molecule has 0 atom stereocenters. The van der Waals surface area contributed by atoms with Crippen molar-refractivity contribution in [3.05, 3.63) is 162 Å². The molecule has 5 nitrogen and oxygen atoms in total. The molecule has 0 amide bonds. The maximum atomic E-state index is 5.94. The number of hydrogen-bond acceptors (Lipinski definition) is 2.